The van der Waals surface area contributed by atoms with Crippen LogP contribution >= 0.6 is 0 Å². The number of nitrogens with zero attached hydrogens (tertiary/aromatic N) is 1. The monoisotopic (exact) mass is 429 g/mol. The Bertz CT molecular complexity index is 975. The van der Waals surface area contributed by atoms with Crippen LogP contribution in [0.5, 0.6) is 5.75 Å². The molecule has 0 saturated heterocycles. The van der Waals surface area contributed by atoms with Crippen molar-refractivity contribution in [2.75, 3.05) is 13.7 Å². The minimum absolute atomic E-state index is 0.193. The molecule has 3 aliphatic rings. The van der Waals surface area contributed by atoms with Gasteiger partial charge >= 0.3 is 0 Å². The van der Waals surface area contributed by atoms with E-state index in [1.807, 2.05) is 6.92 Å². The first-order chi connectivity index (χ1) is 14.4. The number of allylic oxidation sites excluding steroid dienone is 3. The van der Waals surface area contributed by atoms with Crippen molar-refractivity contribution in [1.29, 1.82) is 0 Å². The standard InChI is InChI=1S/C24H31NO4S/c1-17-21-9-6-10-22(26)23(21)24(17)25(16-15-18-7-4-3-5-8-18)30(27,28)20-13-11-19(29-2)12-14-20/h7,11-14,21,23H,3-6,8-10,15-16H2,1-2H3/t21-,23+/m1/s1. The summed E-state index contributed by atoms with van der Waals surface area (Å²) in [7, 11) is -2.19. The maximum absolute atomic E-state index is 13.7. The van der Waals surface area contributed by atoms with Crippen molar-refractivity contribution in [2.45, 2.75) is 63.2 Å². The van der Waals surface area contributed by atoms with Gasteiger partial charge in [0.1, 0.15) is 11.5 Å². The first-order valence-corrected chi connectivity index (χ1v) is 12.5. The minimum Gasteiger partial charge on any atom is -0.497 e. The van der Waals surface area contributed by atoms with E-state index in [0.717, 1.165) is 43.4 Å². The molecule has 4 rings (SSSR count). The van der Waals surface area contributed by atoms with Crippen LogP contribution in [-0.4, -0.2) is 32.2 Å². The second-order valence-electron chi connectivity index (χ2n) is 8.62. The molecule has 6 heteroatoms. The van der Waals surface area contributed by atoms with E-state index in [-0.39, 0.29) is 22.5 Å². The van der Waals surface area contributed by atoms with Crippen molar-refractivity contribution < 1.29 is 17.9 Å². The highest BCUT2D eigenvalue weighted by Gasteiger charge is 2.49. The Labute approximate surface area is 179 Å². The van der Waals surface area contributed by atoms with Gasteiger partial charge in [-0.2, -0.15) is 0 Å². The summed E-state index contributed by atoms with van der Waals surface area (Å²) in [6.07, 6.45) is 9.92. The van der Waals surface area contributed by atoms with Gasteiger partial charge in [0.2, 0.25) is 0 Å². The summed E-state index contributed by atoms with van der Waals surface area (Å²) >= 11 is 0. The number of carbonyl (C=O) groups excluding carboxylic acids is 1. The average Bonchev–Trinajstić information content (AvgIpc) is 2.77. The smallest absolute Gasteiger partial charge is 0.264 e. The lowest BCUT2D eigenvalue weighted by atomic mass is 9.64. The Hall–Kier alpha value is -2.08. The van der Waals surface area contributed by atoms with Crippen LogP contribution in [0.25, 0.3) is 0 Å². The third-order valence-corrected chi connectivity index (χ3v) is 8.71. The lowest BCUT2D eigenvalue weighted by Gasteiger charge is -2.47. The number of hydrogen-bond donors (Lipinski definition) is 0. The van der Waals surface area contributed by atoms with E-state index < -0.39 is 10.0 Å². The summed E-state index contributed by atoms with van der Waals surface area (Å²) in [5.41, 5.74) is 3.14. The third kappa shape index (κ3) is 3.82. The van der Waals surface area contributed by atoms with Gasteiger partial charge in [-0.1, -0.05) is 11.6 Å². The maximum Gasteiger partial charge on any atom is 0.264 e. The molecular formula is C24H31NO4S. The van der Waals surface area contributed by atoms with Gasteiger partial charge in [0, 0.05) is 18.7 Å². The Kier molecular flexibility index (Phi) is 6.05. The van der Waals surface area contributed by atoms with Crippen molar-refractivity contribution in [2.24, 2.45) is 11.8 Å². The van der Waals surface area contributed by atoms with Gasteiger partial charge in [-0.05, 0) is 87.6 Å². The van der Waals surface area contributed by atoms with Crippen molar-refractivity contribution >= 4 is 15.8 Å². The summed E-state index contributed by atoms with van der Waals surface area (Å²) in [5.74, 6) is 0.768. The molecule has 2 atom stereocenters. The molecule has 5 nitrogen and oxygen atoms in total. The first kappa shape index (κ1) is 21.2. The molecule has 0 unspecified atom stereocenters. The zero-order valence-electron chi connectivity index (χ0n) is 17.9. The Morgan fingerprint density at radius 3 is 2.53 bits per heavy atom. The number of ketones is 1. The lowest BCUT2D eigenvalue weighted by molar-refractivity contribution is -0.126. The van der Waals surface area contributed by atoms with E-state index >= 15 is 0 Å². The summed E-state index contributed by atoms with van der Waals surface area (Å²) < 4.78 is 34.1. The van der Waals surface area contributed by atoms with Crippen LogP contribution < -0.4 is 4.74 Å². The van der Waals surface area contributed by atoms with E-state index in [2.05, 4.69) is 6.08 Å². The topological polar surface area (TPSA) is 63.7 Å². The molecule has 0 radical (unpaired) electrons. The summed E-state index contributed by atoms with van der Waals surface area (Å²) in [6.45, 7) is 2.40. The molecule has 1 aromatic rings. The number of sulfonamides is 1. The van der Waals surface area contributed by atoms with Gasteiger partial charge in [-0.25, -0.2) is 8.42 Å². The number of Topliss-reactive ketones (excluding diaryl/α,β-unsaturated/α-hetero) is 1. The highest BCUT2D eigenvalue weighted by Crippen LogP contribution is 2.50. The molecule has 3 aliphatic carbocycles. The van der Waals surface area contributed by atoms with Gasteiger partial charge in [-0.3, -0.25) is 9.10 Å². The quantitative estimate of drug-likeness (QED) is 0.581. The van der Waals surface area contributed by atoms with Gasteiger partial charge in [0.05, 0.1) is 17.9 Å². The molecule has 1 fully saturated rings. The minimum atomic E-state index is -3.75. The molecule has 30 heavy (non-hydrogen) atoms. The lowest BCUT2D eigenvalue weighted by Crippen LogP contribution is -2.48. The van der Waals surface area contributed by atoms with E-state index in [1.165, 1.54) is 18.4 Å². The molecule has 1 saturated carbocycles. The predicted octanol–water partition coefficient (Wildman–Crippen LogP) is 4.85. The molecule has 1 aromatic carbocycles. The zero-order valence-corrected chi connectivity index (χ0v) is 18.7. The average molecular weight is 430 g/mol. The molecule has 0 aliphatic heterocycles. The number of carbonyl (C=O) groups is 1. The van der Waals surface area contributed by atoms with Gasteiger partial charge in [0.15, 0.2) is 0 Å². The molecule has 0 N–H and O–H groups in total. The number of benzene rings is 1. The van der Waals surface area contributed by atoms with Crippen LogP contribution in [0.2, 0.25) is 0 Å². The van der Waals surface area contributed by atoms with E-state index in [0.29, 0.717) is 18.7 Å². The Morgan fingerprint density at radius 1 is 1.10 bits per heavy atom. The van der Waals surface area contributed by atoms with Gasteiger partial charge in [0.25, 0.3) is 10.0 Å². The van der Waals surface area contributed by atoms with Crippen molar-refractivity contribution in [1.82, 2.24) is 4.31 Å². The van der Waals surface area contributed by atoms with Crippen molar-refractivity contribution in [3.8, 4) is 5.75 Å². The molecule has 0 amide bonds. The fourth-order valence-electron chi connectivity index (χ4n) is 5.17. The highest BCUT2D eigenvalue weighted by molar-refractivity contribution is 7.89. The van der Waals surface area contributed by atoms with Crippen molar-refractivity contribution in [3.63, 3.8) is 0 Å². The Morgan fingerprint density at radius 2 is 1.87 bits per heavy atom. The Balaban J connectivity index is 1.68. The first-order valence-electron chi connectivity index (χ1n) is 11.0. The number of rotatable bonds is 7. The third-order valence-electron chi connectivity index (χ3n) is 6.88. The van der Waals surface area contributed by atoms with Gasteiger partial charge < -0.3 is 4.74 Å². The van der Waals surface area contributed by atoms with E-state index in [4.69, 9.17) is 4.74 Å². The molecule has 0 aromatic heterocycles. The van der Waals surface area contributed by atoms with E-state index in [9.17, 15) is 13.2 Å². The second kappa shape index (κ2) is 8.58. The molecule has 162 valence electrons. The van der Waals surface area contributed by atoms with Crippen LogP contribution in [-0.2, 0) is 14.8 Å². The fraction of sp³-hybridized carbons (Fsp3) is 0.542. The number of hydrogen-bond acceptors (Lipinski definition) is 4. The number of fused-ring (bicyclic) bond motifs is 1. The summed E-state index contributed by atoms with van der Waals surface area (Å²) in [4.78, 5) is 12.9. The predicted molar refractivity (Wildman–Crippen MR) is 117 cm³/mol. The molecule has 0 bridgehead atoms. The maximum atomic E-state index is 13.7. The molecule has 0 spiro atoms. The highest BCUT2D eigenvalue weighted by atomic mass is 32.2. The normalized spacial score (nSPS) is 24.1. The van der Waals surface area contributed by atoms with E-state index in [1.54, 1.807) is 35.7 Å². The second-order valence-corrected chi connectivity index (χ2v) is 10.5. The van der Waals surface area contributed by atoms with Crippen LogP contribution in [0.1, 0.15) is 58.3 Å². The van der Waals surface area contributed by atoms with Crippen LogP contribution in [0, 0.1) is 11.8 Å². The SMILES string of the molecule is COc1ccc(S(=O)(=O)N(CCC2=CCCCC2)C2=C(C)[C@H]3CCCC(=O)[C@@H]23)cc1. The molecule has 0 heterocycles. The number of methoxy groups -OCH3 is 1. The molecular weight excluding hydrogens is 398 g/mol. The fourth-order valence-corrected chi connectivity index (χ4v) is 6.75. The van der Waals surface area contributed by atoms with Crippen LogP contribution in [0.4, 0.5) is 0 Å². The largest absolute Gasteiger partial charge is 0.497 e. The zero-order chi connectivity index (χ0) is 21.3. The number of ether oxygens (including phenoxy) is 1. The summed E-state index contributed by atoms with van der Waals surface area (Å²) in [6, 6.07) is 6.53. The van der Waals surface area contributed by atoms with Gasteiger partial charge in [-0.15, -0.1) is 0 Å². The summed E-state index contributed by atoms with van der Waals surface area (Å²) in [5, 5.41) is 0. The van der Waals surface area contributed by atoms with Crippen LogP contribution in [0.3, 0.4) is 0 Å². The van der Waals surface area contributed by atoms with Crippen LogP contribution in [0.15, 0.2) is 52.1 Å². The van der Waals surface area contributed by atoms with Crippen molar-refractivity contribution in [3.05, 3.63) is 47.2 Å².